The number of aliphatic carboxylic acids is 1. The van der Waals surface area contributed by atoms with Crippen LogP contribution in [0.25, 0.3) is 0 Å². The lowest BCUT2D eigenvalue weighted by molar-refractivity contribution is -0.152. The van der Waals surface area contributed by atoms with Crippen LogP contribution in [0.4, 0.5) is 0 Å². The largest absolute Gasteiger partial charge is 0.481 e. The fraction of sp³-hybridized carbons (Fsp3) is 0.929. The number of phosphoric acid groups is 1. The van der Waals surface area contributed by atoms with E-state index in [0.717, 1.165) is 0 Å². The van der Waals surface area contributed by atoms with Gasteiger partial charge in [0.05, 0.1) is 22.7 Å². The molecule has 7 heteroatoms. The molecule has 0 saturated heterocycles. The summed E-state index contributed by atoms with van der Waals surface area (Å²) in [5.41, 5.74) is -2.74. The summed E-state index contributed by atoms with van der Waals surface area (Å²) < 4.78 is 29.2. The molecular weight excluding hydrogens is 295 g/mol. The van der Waals surface area contributed by atoms with Crippen LogP contribution in [0.1, 0.15) is 62.3 Å². The molecule has 126 valence electrons. The van der Waals surface area contributed by atoms with E-state index >= 15 is 0 Å². The minimum Gasteiger partial charge on any atom is -0.481 e. The van der Waals surface area contributed by atoms with Crippen molar-refractivity contribution in [2.45, 2.75) is 79.6 Å². The zero-order chi connectivity index (χ0) is 17.3. The van der Waals surface area contributed by atoms with Crippen molar-refractivity contribution in [3.8, 4) is 0 Å². The molecule has 0 aromatic heterocycles. The van der Waals surface area contributed by atoms with E-state index in [0.29, 0.717) is 0 Å². The fourth-order valence-electron chi connectivity index (χ4n) is 1.23. The summed E-state index contributed by atoms with van der Waals surface area (Å²) in [5, 5.41) is 9.22. The summed E-state index contributed by atoms with van der Waals surface area (Å²) >= 11 is 0. The SMILES string of the molecule is CC(OP(=O)(OC(C)(C)C)OC(C)(C)C)C(C)(C)C(=O)O. The number of phosphoric ester groups is 1. The molecule has 1 N–H and O–H groups in total. The molecule has 0 spiro atoms. The van der Waals surface area contributed by atoms with Crippen molar-refractivity contribution >= 4 is 13.8 Å². The Labute approximate surface area is 127 Å². The highest BCUT2D eigenvalue weighted by molar-refractivity contribution is 7.48. The van der Waals surface area contributed by atoms with Gasteiger partial charge in [-0.2, -0.15) is 0 Å². The van der Waals surface area contributed by atoms with Gasteiger partial charge in [-0.1, -0.05) is 0 Å². The third kappa shape index (κ3) is 7.41. The number of hydrogen-bond donors (Lipinski definition) is 1. The third-order valence-corrected chi connectivity index (χ3v) is 4.74. The zero-order valence-electron chi connectivity index (χ0n) is 14.5. The van der Waals surface area contributed by atoms with Crippen molar-refractivity contribution in [3.63, 3.8) is 0 Å². The summed E-state index contributed by atoms with van der Waals surface area (Å²) in [7, 11) is -3.92. The van der Waals surface area contributed by atoms with Gasteiger partial charge in [-0.25, -0.2) is 4.57 Å². The summed E-state index contributed by atoms with van der Waals surface area (Å²) in [6.07, 6.45) is -0.856. The maximum atomic E-state index is 12.9. The second-order valence-corrected chi connectivity index (χ2v) is 9.10. The van der Waals surface area contributed by atoms with E-state index in [1.807, 2.05) is 0 Å². The predicted octanol–water partition coefficient (Wildman–Crippen LogP) is 4.24. The molecule has 0 rings (SSSR count). The first-order valence-corrected chi connectivity index (χ1v) is 8.38. The van der Waals surface area contributed by atoms with E-state index in [1.54, 1.807) is 48.5 Å². The lowest BCUT2D eigenvalue weighted by Gasteiger charge is -2.35. The molecule has 0 aromatic carbocycles. The second kappa shape index (κ2) is 6.37. The van der Waals surface area contributed by atoms with Crippen LogP contribution in [0.3, 0.4) is 0 Å². The first-order chi connectivity index (χ1) is 8.99. The quantitative estimate of drug-likeness (QED) is 0.736. The van der Waals surface area contributed by atoms with Crippen molar-refractivity contribution in [2.24, 2.45) is 5.41 Å². The van der Waals surface area contributed by atoms with Crippen molar-refractivity contribution in [1.82, 2.24) is 0 Å². The molecule has 21 heavy (non-hydrogen) atoms. The van der Waals surface area contributed by atoms with Gasteiger partial charge in [-0.3, -0.25) is 18.4 Å². The van der Waals surface area contributed by atoms with Gasteiger partial charge < -0.3 is 5.11 Å². The molecule has 0 aliphatic carbocycles. The molecular formula is C14H29O6P. The molecule has 0 amide bonds. The summed E-state index contributed by atoms with van der Waals surface area (Å²) in [5.74, 6) is -1.05. The molecule has 0 aliphatic rings. The van der Waals surface area contributed by atoms with E-state index in [1.165, 1.54) is 13.8 Å². The van der Waals surface area contributed by atoms with Crippen molar-refractivity contribution in [2.75, 3.05) is 0 Å². The summed E-state index contributed by atoms with van der Waals surface area (Å²) in [4.78, 5) is 11.3. The van der Waals surface area contributed by atoms with Crippen molar-refractivity contribution in [3.05, 3.63) is 0 Å². The minimum atomic E-state index is -3.92. The monoisotopic (exact) mass is 324 g/mol. The van der Waals surface area contributed by atoms with Crippen LogP contribution in [-0.2, 0) is 22.9 Å². The number of hydrogen-bond acceptors (Lipinski definition) is 5. The molecule has 0 aliphatic heterocycles. The number of carboxylic acid groups (broad SMARTS) is 1. The molecule has 0 bridgehead atoms. The normalized spacial score (nSPS) is 15.9. The lowest BCUT2D eigenvalue weighted by atomic mass is 9.88. The molecule has 0 radical (unpaired) electrons. The van der Waals surface area contributed by atoms with Gasteiger partial charge in [0.1, 0.15) is 0 Å². The van der Waals surface area contributed by atoms with Gasteiger partial charge in [0.15, 0.2) is 0 Å². The Morgan fingerprint density at radius 3 is 1.52 bits per heavy atom. The van der Waals surface area contributed by atoms with E-state index in [-0.39, 0.29) is 0 Å². The van der Waals surface area contributed by atoms with Gasteiger partial charge in [0.2, 0.25) is 0 Å². The van der Waals surface area contributed by atoms with Gasteiger partial charge in [-0.05, 0) is 62.3 Å². The van der Waals surface area contributed by atoms with Crippen molar-refractivity contribution in [1.29, 1.82) is 0 Å². The zero-order valence-corrected chi connectivity index (χ0v) is 15.4. The highest BCUT2D eigenvalue weighted by Crippen LogP contribution is 2.57. The average molecular weight is 324 g/mol. The summed E-state index contributed by atoms with van der Waals surface area (Å²) in [6.45, 7) is 14.9. The van der Waals surface area contributed by atoms with E-state index in [9.17, 15) is 14.5 Å². The molecule has 6 nitrogen and oxygen atoms in total. The van der Waals surface area contributed by atoms with Crippen LogP contribution >= 0.6 is 7.82 Å². The van der Waals surface area contributed by atoms with Gasteiger partial charge in [0, 0.05) is 0 Å². The first kappa shape index (κ1) is 20.6. The number of rotatable bonds is 6. The Balaban J connectivity index is 5.35. The Kier molecular flexibility index (Phi) is 6.24. The molecule has 0 aromatic rings. The lowest BCUT2D eigenvalue weighted by Crippen LogP contribution is -2.37. The Hall–Kier alpha value is -0.420. The highest BCUT2D eigenvalue weighted by atomic mass is 31.2. The highest BCUT2D eigenvalue weighted by Gasteiger charge is 2.44. The third-order valence-electron chi connectivity index (χ3n) is 2.63. The molecule has 1 atom stereocenters. The Bertz CT molecular complexity index is 396. The van der Waals surface area contributed by atoms with Crippen LogP contribution in [0.2, 0.25) is 0 Å². The van der Waals surface area contributed by atoms with Crippen molar-refractivity contribution < 1.29 is 28.0 Å². The number of carboxylic acids is 1. The van der Waals surface area contributed by atoms with Gasteiger partial charge in [-0.15, -0.1) is 0 Å². The van der Waals surface area contributed by atoms with Gasteiger partial charge in [0.25, 0.3) is 0 Å². The van der Waals surface area contributed by atoms with E-state index < -0.39 is 36.5 Å². The van der Waals surface area contributed by atoms with E-state index in [4.69, 9.17) is 13.6 Å². The molecule has 0 fully saturated rings. The maximum absolute atomic E-state index is 12.9. The van der Waals surface area contributed by atoms with Crippen LogP contribution in [-0.4, -0.2) is 28.4 Å². The maximum Gasteiger partial charge on any atom is 0.476 e. The summed E-state index contributed by atoms with van der Waals surface area (Å²) in [6, 6.07) is 0. The Morgan fingerprint density at radius 2 is 1.29 bits per heavy atom. The fourth-order valence-corrected chi connectivity index (χ4v) is 3.35. The van der Waals surface area contributed by atoms with Crippen LogP contribution in [0, 0.1) is 5.41 Å². The topological polar surface area (TPSA) is 82.1 Å². The average Bonchev–Trinajstić information content (AvgIpc) is 2.09. The van der Waals surface area contributed by atoms with Crippen LogP contribution in [0.15, 0.2) is 0 Å². The Morgan fingerprint density at radius 1 is 0.952 bits per heavy atom. The second-order valence-electron chi connectivity index (χ2n) is 7.63. The smallest absolute Gasteiger partial charge is 0.476 e. The minimum absolute atomic E-state index is 0.756. The standard InChI is InChI=1S/C14H29O6P/c1-10(14(8,9)11(15)16)18-21(17,19-12(2,3)4)20-13(5,6)7/h10H,1-9H3,(H,15,16). The predicted molar refractivity (Wildman–Crippen MR) is 81.2 cm³/mol. The van der Waals surface area contributed by atoms with E-state index in [2.05, 4.69) is 0 Å². The number of carbonyl (C=O) groups is 1. The molecule has 0 saturated carbocycles. The molecule has 0 heterocycles. The first-order valence-electron chi connectivity index (χ1n) is 6.92. The molecule has 1 unspecified atom stereocenters. The van der Waals surface area contributed by atoms with Crippen LogP contribution in [0.5, 0.6) is 0 Å². The van der Waals surface area contributed by atoms with Crippen LogP contribution < -0.4 is 0 Å². The van der Waals surface area contributed by atoms with Gasteiger partial charge >= 0.3 is 13.8 Å².